The fourth-order valence-corrected chi connectivity index (χ4v) is 3.53. The minimum absolute atomic E-state index is 0.114. The van der Waals surface area contributed by atoms with E-state index < -0.39 is 14.4 Å². The number of carbonyl (C=O) groups excluding carboxylic acids is 1. The third kappa shape index (κ3) is 4.81. The van der Waals surface area contributed by atoms with Gasteiger partial charge >= 0.3 is 5.97 Å². The van der Waals surface area contributed by atoms with E-state index in [4.69, 9.17) is 13.9 Å². The lowest BCUT2D eigenvalue weighted by molar-refractivity contribution is -0.151. The van der Waals surface area contributed by atoms with Gasteiger partial charge in [0.1, 0.15) is 6.10 Å². The lowest BCUT2D eigenvalue weighted by atomic mass is 9.99. The highest BCUT2D eigenvalue weighted by Crippen LogP contribution is 2.37. The van der Waals surface area contributed by atoms with Crippen LogP contribution in [0.4, 0.5) is 0 Å². The van der Waals surface area contributed by atoms with Crippen LogP contribution in [0.2, 0.25) is 18.1 Å². The molecule has 0 aromatic heterocycles. The zero-order valence-electron chi connectivity index (χ0n) is 16.0. The molecule has 0 spiro atoms. The summed E-state index contributed by atoms with van der Waals surface area (Å²) in [5.74, 6) is -0.523. The van der Waals surface area contributed by atoms with Crippen LogP contribution in [0.1, 0.15) is 26.3 Å². The summed E-state index contributed by atoms with van der Waals surface area (Å²) in [7, 11) is -1.90. The first-order valence-corrected chi connectivity index (χ1v) is 11.7. The van der Waals surface area contributed by atoms with Gasteiger partial charge in [0, 0.05) is 0 Å². The van der Waals surface area contributed by atoms with Gasteiger partial charge in [-0.15, -0.1) is 6.58 Å². The molecule has 0 N–H and O–H groups in total. The average molecular weight is 363 g/mol. The summed E-state index contributed by atoms with van der Waals surface area (Å²) < 4.78 is 17.6. The van der Waals surface area contributed by atoms with Gasteiger partial charge in [-0.3, -0.25) is 0 Å². The lowest BCUT2D eigenvalue weighted by Crippen LogP contribution is -2.43. The Morgan fingerprint density at radius 1 is 1.24 bits per heavy atom. The number of benzene rings is 1. The van der Waals surface area contributed by atoms with Gasteiger partial charge in [0.25, 0.3) is 0 Å². The second kappa shape index (κ2) is 7.85. The predicted molar refractivity (Wildman–Crippen MR) is 102 cm³/mol. The summed E-state index contributed by atoms with van der Waals surface area (Å²) in [5, 5.41) is 0.114. The van der Waals surface area contributed by atoms with Crippen LogP contribution in [-0.2, 0) is 25.3 Å². The van der Waals surface area contributed by atoms with Crippen LogP contribution in [0.15, 0.2) is 43.0 Å². The van der Waals surface area contributed by atoms with Crippen LogP contribution in [-0.4, -0.2) is 33.1 Å². The SMILES string of the molecule is C=C[C@@H]1[C@@H](CO[Si](C)(C)C(C)(C)C)OC(=O)[C@@H]1OCc1ccccc1. The Balaban J connectivity index is 1.98. The average Bonchev–Trinajstić information content (AvgIpc) is 2.86. The molecule has 0 amide bonds. The smallest absolute Gasteiger partial charge is 0.336 e. The molecular weight excluding hydrogens is 332 g/mol. The maximum absolute atomic E-state index is 12.3. The molecule has 3 atom stereocenters. The maximum atomic E-state index is 12.3. The molecule has 1 aliphatic heterocycles. The molecule has 5 heteroatoms. The molecule has 0 unspecified atom stereocenters. The quantitative estimate of drug-likeness (QED) is 0.412. The van der Waals surface area contributed by atoms with E-state index >= 15 is 0 Å². The molecule has 0 bridgehead atoms. The summed E-state index contributed by atoms with van der Waals surface area (Å²) >= 11 is 0. The first kappa shape index (κ1) is 19.9. The van der Waals surface area contributed by atoms with Crippen molar-refractivity contribution < 1.29 is 18.7 Å². The highest BCUT2D eigenvalue weighted by molar-refractivity contribution is 6.74. The summed E-state index contributed by atoms with van der Waals surface area (Å²) in [6, 6.07) is 9.80. The van der Waals surface area contributed by atoms with Gasteiger partial charge in [-0.05, 0) is 23.7 Å². The molecule has 1 saturated heterocycles. The van der Waals surface area contributed by atoms with Crippen LogP contribution < -0.4 is 0 Å². The summed E-state index contributed by atoms with van der Waals surface area (Å²) in [6.07, 6.45) is 0.797. The summed E-state index contributed by atoms with van der Waals surface area (Å²) in [4.78, 5) is 12.3. The van der Waals surface area contributed by atoms with E-state index in [9.17, 15) is 4.79 Å². The monoisotopic (exact) mass is 362 g/mol. The van der Waals surface area contributed by atoms with Crippen molar-refractivity contribution in [1.82, 2.24) is 0 Å². The maximum Gasteiger partial charge on any atom is 0.336 e. The second-order valence-corrected chi connectivity index (χ2v) is 12.9. The number of carbonyl (C=O) groups is 1. The lowest BCUT2D eigenvalue weighted by Gasteiger charge is -2.37. The highest BCUT2D eigenvalue weighted by Gasteiger charge is 2.46. The molecule has 0 aliphatic carbocycles. The van der Waals surface area contributed by atoms with Gasteiger partial charge in [-0.2, -0.15) is 0 Å². The molecule has 1 aliphatic rings. The van der Waals surface area contributed by atoms with Crippen LogP contribution >= 0.6 is 0 Å². The molecule has 4 nitrogen and oxygen atoms in total. The highest BCUT2D eigenvalue weighted by atomic mass is 28.4. The van der Waals surface area contributed by atoms with Gasteiger partial charge in [0.2, 0.25) is 0 Å². The number of rotatable bonds is 7. The molecular formula is C20H30O4Si. The molecule has 1 aromatic carbocycles. The summed E-state index contributed by atoms with van der Waals surface area (Å²) in [6.45, 7) is 15.6. The van der Waals surface area contributed by atoms with Crippen LogP contribution in [0.25, 0.3) is 0 Å². The van der Waals surface area contributed by atoms with E-state index in [1.54, 1.807) is 6.08 Å². The fourth-order valence-electron chi connectivity index (χ4n) is 2.51. The van der Waals surface area contributed by atoms with E-state index in [-0.39, 0.29) is 23.0 Å². The standard InChI is InChI=1S/C20H30O4Si/c1-7-16-17(14-23-25(5,6)20(2,3)4)24-19(21)18(16)22-13-15-11-9-8-10-12-15/h7-12,16-18H,1,13-14H2,2-6H3/t16-,17-,18-/m1/s1. The van der Waals surface area contributed by atoms with E-state index in [1.807, 2.05) is 30.3 Å². The van der Waals surface area contributed by atoms with Gasteiger partial charge in [0.15, 0.2) is 14.4 Å². The zero-order valence-corrected chi connectivity index (χ0v) is 17.0. The first-order chi connectivity index (χ1) is 11.7. The Bertz CT molecular complexity index is 591. The summed E-state index contributed by atoms with van der Waals surface area (Å²) in [5.41, 5.74) is 1.03. The fraction of sp³-hybridized carbons (Fsp3) is 0.550. The third-order valence-electron chi connectivity index (χ3n) is 5.24. The Labute approximate surface area is 152 Å². The van der Waals surface area contributed by atoms with E-state index in [0.29, 0.717) is 13.2 Å². The third-order valence-corrected chi connectivity index (χ3v) is 9.74. The van der Waals surface area contributed by atoms with Crippen molar-refractivity contribution >= 4 is 14.3 Å². The number of hydrogen-bond donors (Lipinski definition) is 0. The number of hydrogen-bond acceptors (Lipinski definition) is 4. The predicted octanol–water partition coefficient (Wildman–Crippen LogP) is 4.32. The number of ether oxygens (including phenoxy) is 2. The van der Waals surface area contributed by atoms with Crippen molar-refractivity contribution in [2.45, 2.75) is 57.7 Å². The van der Waals surface area contributed by atoms with E-state index in [1.165, 1.54) is 0 Å². The first-order valence-electron chi connectivity index (χ1n) is 8.78. The van der Waals surface area contributed by atoms with E-state index in [2.05, 4.69) is 40.4 Å². The van der Waals surface area contributed by atoms with Crippen molar-refractivity contribution in [1.29, 1.82) is 0 Å². The van der Waals surface area contributed by atoms with Crippen molar-refractivity contribution in [2.75, 3.05) is 6.61 Å². The Kier molecular flexibility index (Phi) is 6.24. The van der Waals surface area contributed by atoms with Gasteiger partial charge in [0.05, 0.1) is 19.1 Å². The molecule has 0 saturated carbocycles. The number of cyclic esters (lactones) is 1. The van der Waals surface area contributed by atoms with Crippen LogP contribution in [0, 0.1) is 5.92 Å². The van der Waals surface area contributed by atoms with Crippen molar-refractivity contribution in [3.8, 4) is 0 Å². The molecule has 0 radical (unpaired) electrons. The second-order valence-electron chi connectivity index (χ2n) is 8.08. The molecule has 1 aromatic rings. The normalized spacial score (nSPS) is 24.2. The molecule has 2 rings (SSSR count). The molecule has 25 heavy (non-hydrogen) atoms. The van der Waals surface area contributed by atoms with Gasteiger partial charge in [-0.1, -0.05) is 57.2 Å². The zero-order chi connectivity index (χ0) is 18.7. The Morgan fingerprint density at radius 3 is 2.44 bits per heavy atom. The molecule has 138 valence electrons. The van der Waals surface area contributed by atoms with Crippen molar-refractivity contribution in [3.63, 3.8) is 0 Å². The minimum atomic E-state index is -1.90. The van der Waals surface area contributed by atoms with Crippen molar-refractivity contribution in [3.05, 3.63) is 48.6 Å². The topological polar surface area (TPSA) is 44.8 Å². The van der Waals surface area contributed by atoms with E-state index in [0.717, 1.165) is 5.56 Å². The Hall–Kier alpha value is -1.43. The van der Waals surface area contributed by atoms with Crippen LogP contribution in [0.3, 0.4) is 0 Å². The van der Waals surface area contributed by atoms with Crippen LogP contribution in [0.5, 0.6) is 0 Å². The van der Waals surface area contributed by atoms with Gasteiger partial charge < -0.3 is 13.9 Å². The minimum Gasteiger partial charge on any atom is -0.457 e. The molecule has 1 heterocycles. The largest absolute Gasteiger partial charge is 0.457 e. The number of esters is 1. The Morgan fingerprint density at radius 2 is 1.88 bits per heavy atom. The van der Waals surface area contributed by atoms with Gasteiger partial charge in [-0.25, -0.2) is 4.79 Å². The molecule has 1 fully saturated rings. The van der Waals surface area contributed by atoms with Crippen molar-refractivity contribution in [2.24, 2.45) is 5.92 Å².